The Hall–Kier alpha value is -2.96. The number of nitrogens with zero attached hydrogens (tertiary/aromatic N) is 3. The van der Waals surface area contributed by atoms with Gasteiger partial charge in [0, 0.05) is 50.7 Å². The molecule has 1 fully saturated rings. The largest absolute Gasteiger partial charge is 0.492 e. The molecule has 3 heterocycles. The summed E-state index contributed by atoms with van der Waals surface area (Å²) < 4.78 is 20.2. The highest BCUT2D eigenvalue weighted by Crippen LogP contribution is 2.37. The van der Waals surface area contributed by atoms with Gasteiger partial charge in [-0.15, -0.1) is 0 Å². The molecule has 2 aromatic carbocycles. The van der Waals surface area contributed by atoms with E-state index in [0.29, 0.717) is 38.2 Å². The van der Waals surface area contributed by atoms with Gasteiger partial charge in [0.25, 0.3) is 0 Å². The van der Waals surface area contributed by atoms with E-state index in [1.54, 1.807) is 18.3 Å². The first-order chi connectivity index (χ1) is 15.6. The van der Waals surface area contributed by atoms with Crippen LogP contribution in [0.1, 0.15) is 29.5 Å². The van der Waals surface area contributed by atoms with Crippen molar-refractivity contribution in [2.45, 2.75) is 31.5 Å². The molecule has 0 atom stereocenters. The Morgan fingerprint density at radius 1 is 1.03 bits per heavy atom. The number of hydrogen-bond donors (Lipinski definition) is 1. The summed E-state index contributed by atoms with van der Waals surface area (Å²) in [4.78, 5) is 8.58. The Bertz CT molecular complexity index is 1070. The summed E-state index contributed by atoms with van der Waals surface area (Å²) in [5.41, 5.74) is 2.87. The Balaban J connectivity index is 1.32. The zero-order valence-corrected chi connectivity index (χ0v) is 18.1. The Labute approximate surface area is 188 Å². The molecule has 5 rings (SSSR count). The molecule has 32 heavy (non-hydrogen) atoms. The predicted octanol–water partition coefficient (Wildman–Crippen LogP) is 4.10. The van der Waals surface area contributed by atoms with Crippen LogP contribution >= 0.6 is 0 Å². The molecule has 0 bridgehead atoms. The Kier molecular flexibility index (Phi) is 5.81. The standard InChI is InChI=1S/C26H28FN3O2/c27-23-5-1-2-6-24(23)30-12-9-26(31,10-13-30)22-7-8-25-21(16-22)19-29(14-15-32-25)18-20-4-3-11-28-17-20/h1-8,11,16-17,31H,9-10,12-15,18-19H2. The molecule has 1 saturated heterocycles. The number of ether oxygens (including phenoxy) is 1. The average Bonchev–Trinajstić information content (AvgIpc) is 3.02. The summed E-state index contributed by atoms with van der Waals surface area (Å²) in [5.74, 6) is 0.670. The zero-order valence-electron chi connectivity index (χ0n) is 18.1. The topological polar surface area (TPSA) is 48.8 Å². The number of hydrogen-bond acceptors (Lipinski definition) is 5. The minimum Gasteiger partial charge on any atom is -0.492 e. The summed E-state index contributed by atoms with van der Waals surface area (Å²) in [6.07, 6.45) is 4.80. The SMILES string of the molecule is OC1(c2ccc3c(c2)CN(Cc2cccnc2)CCO3)CCN(c2ccccc2F)CC1. The minimum atomic E-state index is -0.919. The van der Waals surface area contributed by atoms with Gasteiger partial charge in [-0.25, -0.2) is 4.39 Å². The molecule has 2 aliphatic rings. The first-order valence-corrected chi connectivity index (χ1v) is 11.2. The van der Waals surface area contributed by atoms with E-state index in [-0.39, 0.29) is 5.82 Å². The number of aromatic nitrogens is 1. The van der Waals surface area contributed by atoms with E-state index in [1.807, 2.05) is 35.4 Å². The molecule has 166 valence electrons. The van der Waals surface area contributed by atoms with Gasteiger partial charge in [-0.2, -0.15) is 0 Å². The highest BCUT2D eigenvalue weighted by Gasteiger charge is 2.35. The molecule has 0 amide bonds. The van der Waals surface area contributed by atoms with Crippen LogP contribution in [0.15, 0.2) is 67.0 Å². The lowest BCUT2D eigenvalue weighted by Crippen LogP contribution is -2.43. The number of anilines is 1. The number of aliphatic hydroxyl groups is 1. The highest BCUT2D eigenvalue weighted by molar-refractivity contribution is 5.49. The molecule has 2 aliphatic heterocycles. The van der Waals surface area contributed by atoms with Crippen LogP contribution in [-0.4, -0.2) is 41.2 Å². The second-order valence-electron chi connectivity index (χ2n) is 8.71. The van der Waals surface area contributed by atoms with E-state index < -0.39 is 5.60 Å². The maximum Gasteiger partial charge on any atom is 0.146 e. The summed E-state index contributed by atoms with van der Waals surface area (Å²) in [6.45, 7) is 4.25. The second kappa shape index (κ2) is 8.88. The first kappa shape index (κ1) is 20.9. The minimum absolute atomic E-state index is 0.214. The van der Waals surface area contributed by atoms with Gasteiger partial charge in [-0.3, -0.25) is 9.88 Å². The summed E-state index contributed by atoms with van der Waals surface area (Å²) in [6, 6.07) is 16.9. The molecule has 5 nitrogen and oxygen atoms in total. The quantitative estimate of drug-likeness (QED) is 0.671. The number of fused-ring (bicyclic) bond motifs is 1. The van der Waals surface area contributed by atoms with Crippen LogP contribution in [0.4, 0.5) is 10.1 Å². The Morgan fingerprint density at radius 3 is 2.66 bits per heavy atom. The van der Waals surface area contributed by atoms with Crippen molar-refractivity contribution in [2.24, 2.45) is 0 Å². The van der Waals surface area contributed by atoms with Gasteiger partial charge in [0.15, 0.2) is 0 Å². The van der Waals surface area contributed by atoms with Crippen LogP contribution in [0.2, 0.25) is 0 Å². The summed E-state index contributed by atoms with van der Waals surface area (Å²) >= 11 is 0. The van der Waals surface area contributed by atoms with Crippen LogP contribution in [0.25, 0.3) is 0 Å². The predicted molar refractivity (Wildman–Crippen MR) is 122 cm³/mol. The number of para-hydroxylation sites is 1. The number of rotatable bonds is 4. The molecule has 0 radical (unpaired) electrons. The van der Waals surface area contributed by atoms with Crippen LogP contribution in [0, 0.1) is 5.82 Å². The maximum atomic E-state index is 14.2. The smallest absolute Gasteiger partial charge is 0.146 e. The lowest BCUT2D eigenvalue weighted by atomic mass is 9.83. The van der Waals surface area contributed by atoms with Crippen molar-refractivity contribution >= 4 is 5.69 Å². The van der Waals surface area contributed by atoms with E-state index >= 15 is 0 Å². The van der Waals surface area contributed by atoms with Gasteiger partial charge >= 0.3 is 0 Å². The molecule has 3 aromatic rings. The third-order valence-electron chi connectivity index (χ3n) is 6.57. The third kappa shape index (κ3) is 4.33. The van der Waals surface area contributed by atoms with Gasteiger partial charge in [-0.05, 0) is 54.3 Å². The van der Waals surface area contributed by atoms with Crippen LogP contribution < -0.4 is 9.64 Å². The molecule has 0 aliphatic carbocycles. The second-order valence-corrected chi connectivity index (χ2v) is 8.71. The molecule has 1 aromatic heterocycles. The van der Waals surface area contributed by atoms with Crippen molar-refractivity contribution in [3.05, 3.63) is 89.5 Å². The fraction of sp³-hybridized carbons (Fsp3) is 0.346. The third-order valence-corrected chi connectivity index (χ3v) is 6.57. The first-order valence-electron chi connectivity index (χ1n) is 11.2. The molecule has 0 spiro atoms. The number of piperidine rings is 1. The van der Waals surface area contributed by atoms with Gasteiger partial charge in [0.2, 0.25) is 0 Å². The van der Waals surface area contributed by atoms with Crippen LogP contribution in [0.3, 0.4) is 0 Å². The summed E-state index contributed by atoms with van der Waals surface area (Å²) in [5, 5.41) is 11.5. The van der Waals surface area contributed by atoms with Gasteiger partial charge in [0.05, 0.1) is 11.3 Å². The van der Waals surface area contributed by atoms with Crippen molar-refractivity contribution < 1.29 is 14.2 Å². The van der Waals surface area contributed by atoms with E-state index in [0.717, 1.165) is 36.5 Å². The van der Waals surface area contributed by atoms with E-state index in [4.69, 9.17) is 4.74 Å². The van der Waals surface area contributed by atoms with Gasteiger partial charge < -0.3 is 14.7 Å². The average molecular weight is 434 g/mol. The Morgan fingerprint density at radius 2 is 1.88 bits per heavy atom. The monoisotopic (exact) mass is 433 g/mol. The van der Waals surface area contributed by atoms with Crippen LogP contribution in [0.5, 0.6) is 5.75 Å². The normalized spacial score (nSPS) is 18.5. The molecular weight excluding hydrogens is 405 g/mol. The van der Waals surface area contributed by atoms with Crippen molar-refractivity contribution in [3.63, 3.8) is 0 Å². The van der Waals surface area contributed by atoms with E-state index in [1.165, 1.54) is 11.6 Å². The molecule has 1 N–H and O–H groups in total. The fourth-order valence-corrected chi connectivity index (χ4v) is 4.74. The highest BCUT2D eigenvalue weighted by atomic mass is 19.1. The number of benzene rings is 2. The van der Waals surface area contributed by atoms with E-state index in [9.17, 15) is 9.50 Å². The summed E-state index contributed by atoms with van der Waals surface area (Å²) in [7, 11) is 0. The molecular formula is C26H28FN3O2. The van der Waals surface area contributed by atoms with E-state index in [2.05, 4.69) is 22.0 Å². The molecule has 0 saturated carbocycles. The van der Waals surface area contributed by atoms with Crippen molar-refractivity contribution in [1.82, 2.24) is 9.88 Å². The lowest BCUT2D eigenvalue weighted by Gasteiger charge is -2.40. The fourth-order valence-electron chi connectivity index (χ4n) is 4.74. The zero-order chi connectivity index (χ0) is 22.0. The van der Waals surface area contributed by atoms with Crippen molar-refractivity contribution in [1.29, 1.82) is 0 Å². The lowest BCUT2D eigenvalue weighted by molar-refractivity contribution is 0.0115. The number of halogens is 1. The maximum absolute atomic E-state index is 14.2. The number of pyridine rings is 1. The van der Waals surface area contributed by atoms with Crippen molar-refractivity contribution in [2.75, 3.05) is 31.1 Å². The van der Waals surface area contributed by atoms with Crippen LogP contribution in [-0.2, 0) is 18.7 Å². The van der Waals surface area contributed by atoms with Gasteiger partial charge in [0.1, 0.15) is 18.2 Å². The van der Waals surface area contributed by atoms with Crippen molar-refractivity contribution in [3.8, 4) is 5.75 Å². The van der Waals surface area contributed by atoms with Gasteiger partial charge in [-0.1, -0.05) is 24.3 Å². The molecule has 0 unspecified atom stereocenters. The molecule has 6 heteroatoms.